The molecule has 1 nitrogen and oxygen atoms in total. The predicted octanol–water partition coefficient (Wildman–Crippen LogP) is 3.64. The van der Waals surface area contributed by atoms with Crippen molar-refractivity contribution in [1.29, 1.82) is 0 Å². The Morgan fingerprint density at radius 3 is 2.38 bits per heavy atom. The Balaban J connectivity index is 2.56. The highest BCUT2D eigenvalue weighted by atomic mass is 14.9. The fourth-order valence-electron chi connectivity index (χ4n) is 1.96. The van der Waals surface area contributed by atoms with E-state index in [1.165, 1.54) is 18.4 Å². The molecule has 2 unspecified atom stereocenters. The molecule has 0 heterocycles. The van der Waals surface area contributed by atoms with Crippen LogP contribution in [0.4, 0.5) is 0 Å². The van der Waals surface area contributed by atoms with Crippen LogP contribution < -0.4 is 5.32 Å². The quantitative estimate of drug-likeness (QED) is 0.738. The van der Waals surface area contributed by atoms with Gasteiger partial charge in [-0.2, -0.15) is 0 Å². The van der Waals surface area contributed by atoms with Crippen LogP contribution in [0.3, 0.4) is 0 Å². The van der Waals surface area contributed by atoms with E-state index in [-0.39, 0.29) is 0 Å². The molecule has 16 heavy (non-hydrogen) atoms. The van der Waals surface area contributed by atoms with E-state index in [1.807, 2.05) is 0 Å². The summed E-state index contributed by atoms with van der Waals surface area (Å²) in [5.74, 6) is 0.742. The highest BCUT2D eigenvalue weighted by Gasteiger charge is 2.14. The molecular weight excluding hydrogens is 194 g/mol. The molecule has 90 valence electrons. The molecule has 0 fully saturated rings. The lowest BCUT2D eigenvalue weighted by atomic mass is 9.93. The summed E-state index contributed by atoms with van der Waals surface area (Å²) in [6.45, 7) is 7.97. The molecule has 0 aromatic heterocycles. The number of hydrogen-bond acceptors (Lipinski definition) is 1. The molecule has 0 spiro atoms. The van der Waals surface area contributed by atoms with E-state index in [2.05, 4.69) is 56.4 Å². The van der Waals surface area contributed by atoms with Gasteiger partial charge in [-0.1, -0.05) is 57.5 Å². The zero-order valence-corrected chi connectivity index (χ0v) is 10.9. The van der Waals surface area contributed by atoms with Crippen molar-refractivity contribution in [2.24, 2.45) is 5.92 Å². The molecule has 1 aromatic carbocycles. The lowest BCUT2D eigenvalue weighted by Gasteiger charge is -2.24. The van der Waals surface area contributed by atoms with Gasteiger partial charge >= 0.3 is 0 Å². The molecule has 0 bridgehead atoms. The topological polar surface area (TPSA) is 12.0 Å². The van der Waals surface area contributed by atoms with Gasteiger partial charge in [0.25, 0.3) is 0 Å². The highest BCUT2D eigenvalue weighted by Crippen LogP contribution is 2.13. The normalized spacial score (nSPS) is 14.7. The smallest absolute Gasteiger partial charge is 0.0133 e. The third-order valence-corrected chi connectivity index (χ3v) is 3.29. The van der Waals surface area contributed by atoms with E-state index in [9.17, 15) is 0 Å². The number of hydrogen-bond donors (Lipinski definition) is 1. The average molecular weight is 219 g/mol. The standard InChI is InChI=1S/C15H25N/c1-4-11-16-15(13(3)5-2)12-14-9-7-6-8-10-14/h6-10,13,15-16H,4-5,11-12H2,1-3H3. The van der Waals surface area contributed by atoms with E-state index < -0.39 is 0 Å². The van der Waals surface area contributed by atoms with Crippen LogP contribution in [-0.4, -0.2) is 12.6 Å². The highest BCUT2D eigenvalue weighted by molar-refractivity contribution is 5.16. The van der Waals surface area contributed by atoms with Crippen molar-refractivity contribution in [2.45, 2.75) is 46.1 Å². The van der Waals surface area contributed by atoms with Crippen molar-refractivity contribution < 1.29 is 0 Å². The van der Waals surface area contributed by atoms with Crippen molar-refractivity contribution in [3.05, 3.63) is 35.9 Å². The van der Waals surface area contributed by atoms with Crippen LogP contribution in [0.5, 0.6) is 0 Å². The van der Waals surface area contributed by atoms with E-state index in [0.717, 1.165) is 18.9 Å². The van der Waals surface area contributed by atoms with Crippen LogP contribution in [0.1, 0.15) is 39.2 Å². The van der Waals surface area contributed by atoms with E-state index >= 15 is 0 Å². The fourth-order valence-corrected chi connectivity index (χ4v) is 1.96. The lowest BCUT2D eigenvalue weighted by molar-refractivity contribution is 0.365. The SMILES string of the molecule is CCCNC(Cc1ccccc1)C(C)CC. The summed E-state index contributed by atoms with van der Waals surface area (Å²) in [4.78, 5) is 0. The summed E-state index contributed by atoms with van der Waals surface area (Å²) in [5, 5.41) is 3.67. The molecular formula is C15H25N. The number of nitrogens with one attached hydrogen (secondary N) is 1. The van der Waals surface area contributed by atoms with Crippen molar-refractivity contribution in [3.63, 3.8) is 0 Å². The van der Waals surface area contributed by atoms with Crippen molar-refractivity contribution in [3.8, 4) is 0 Å². The van der Waals surface area contributed by atoms with E-state index in [0.29, 0.717) is 6.04 Å². The van der Waals surface area contributed by atoms with Crippen molar-refractivity contribution in [1.82, 2.24) is 5.32 Å². The number of rotatable bonds is 7. The van der Waals surface area contributed by atoms with Crippen LogP contribution in [0.2, 0.25) is 0 Å². The molecule has 0 aliphatic rings. The maximum absolute atomic E-state index is 3.67. The average Bonchev–Trinajstić information content (AvgIpc) is 2.34. The van der Waals surface area contributed by atoms with Gasteiger partial charge in [0.05, 0.1) is 0 Å². The van der Waals surface area contributed by atoms with Crippen LogP contribution in [0, 0.1) is 5.92 Å². The molecule has 1 N–H and O–H groups in total. The largest absolute Gasteiger partial charge is 0.313 e. The molecule has 0 aliphatic carbocycles. The third-order valence-electron chi connectivity index (χ3n) is 3.29. The molecule has 0 amide bonds. The maximum Gasteiger partial charge on any atom is 0.0133 e. The van der Waals surface area contributed by atoms with Gasteiger partial charge in [-0.3, -0.25) is 0 Å². The molecule has 0 saturated heterocycles. The molecule has 0 saturated carbocycles. The minimum Gasteiger partial charge on any atom is -0.313 e. The third kappa shape index (κ3) is 4.36. The monoisotopic (exact) mass is 219 g/mol. The Morgan fingerprint density at radius 1 is 1.12 bits per heavy atom. The Hall–Kier alpha value is -0.820. The van der Waals surface area contributed by atoms with Gasteiger partial charge in [-0.15, -0.1) is 0 Å². The van der Waals surface area contributed by atoms with Gasteiger partial charge in [-0.25, -0.2) is 0 Å². The second-order valence-corrected chi connectivity index (χ2v) is 4.64. The van der Waals surface area contributed by atoms with Gasteiger partial charge in [0.2, 0.25) is 0 Å². The Kier molecular flexibility index (Phi) is 6.17. The lowest BCUT2D eigenvalue weighted by Crippen LogP contribution is -2.37. The van der Waals surface area contributed by atoms with Crippen LogP contribution in [0.15, 0.2) is 30.3 Å². The molecule has 1 heteroatoms. The second kappa shape index (κ2) is 7.45. The Bertz CT molecular complexity index is 268. The first-order valence-corrected chi connectivity index (χ1v) is 6.55. The first-order chi connectivity index (χ1) is 7.77. The van der Waals surface area contributed by atoms with Crippen LogP contribution in [-0.2, 0) is 6.42 Å². The van der Waals surface area contributed by atoms with Crippen LogP contribution in [0.25, 0.3) is 0 Å². The summed E-state index contributed by atoms with van der Waals surface area (Å²) in [5.41, 5.74) is 1.44. The van der Waals surface area contributed by atoms with E-state index in [4.69, 9.17) is 0 Å². The summed E-state index contributed by atoms with van der Waals surface area (Å²) in [6.07, 6.45) is 3.60. The van der Waals surface area contributed by atoms with Crippen molar-refractivity contribution >= 4 is 0 Å². The van der Waals surface area contributed by atoms with Gasteiger partial charge in [0, 0.05) is 6.04 Å². The zero-order valence-electron chi connectivity index (χ0n) is 10.9. The minimum atomic E-state index is 0.618. The zero-order chi connectivity index (χ0) is 11.8. The fraction of sp³-hybridized carbons (Fsp3) is 0.600. The summed E-state index contributed by atoms with van der Waals surface area (Å²) < 4.78 is 0. The van der Waals surface area contributed by atoms with Crippen LogP contribution >= 0.6 is 0 Å². The van der Waals surface area contributed by atoms with Gasteiger partial charge in [-0.05, 0) is 30.9 Å². The molecule has 1 rings (SSSR count). The Morgan fingerprint density at radius 2 is 1.81 bits per heavy atom. The first-order valence-electron chi connectivity index (χ1n) is 6.55. The Labute approximate surface area is 100 Å². The molecule has 2 atom stereocenters. The van der Waals surface area contributed by atoms with Gasteiger partial charge in [0.1, 0.15) is 0 Å². The summed E-state index contributed by atoms with van der Waals surface area (Å²) >= 11 is 0. The molecule has 0 radical (unpaired) electrons. The number of benzene rings is 1. The first kappa shape index (κ1) is 13.2. The molecule has 1 aromatic rings. The van der Waals surface area contributed by atoms with Crippen molar-refractivity contribution in [2.75, 3.05) is 6.54 Å². The molecule has 0 aliphatic heterocycles. The van der Waals surface area contributed by atoms with E-state index in [1.54, 1.807) is 0 Å². The summed E-state index contributed by atoms with van der Waals surface area (Å²) in [7, 11) is 0. The maximum atomic E-state index is 3.67. The second-order valence-electron chi connectivity index (χ2n) is 4.64. The summed E-state index contributed by atoms with van der Waals surface area (Å²) in [6, 6.07) is 11.4. The minimum absolute atomic E-state index is 0.618. The van der Waals surface area contributed by atoms with Gasteiger partial charge in [0.15, 0.2) is 0 Å². The van der Waals surface area contributed by atoms with Gasteiger partial charge < -0.3 is 5.32 Å². The predicted molar refractivity (Wildman–Crippen MR) is 71.7 cm³/mol.